The Morgan fingerprint density at radius 3 is 2.09 bits per heavy atom. The Bertz CT molecular complexity index is 990. The predicted molar refractivity (Wildman–Crippen MR) is 95.8 cm³/mol. The Balaban J connectivity index is 2.39. The van der Waals surface area contributed by atoms with E-state index in [9.17, 15) is 4.79 Å². The van der Waals surface area contributed by atoms with Crippen LogP contribution in [0.3, 0.4) is 0 Å². The van der Waals surface area contributed by atoms with Crippen molar-refractivity contribution in [3.05, 3.63) is 73.5 Å². The molecule has 0 fully saturated rings. The van der Waals surface area contributed by atoms with Gasteiger partial charge in [-0.15, -0.1) is 0 Å². The molecular formula is C17H9Br2N3O. The maximum atomic E-state index is 12.1. The predicted octanol–water partition coefficient (Wildman–Crippen LogP) is 4.50. The Labute approximate surface area is 149 Å². The van der Waals surface area contributed by atoms with Crippen molar-refractivity contribution in [2.45, 2.75) is 0 Å². The number of aromatic amines is 1. The van der Waals surface area contributed by atoms with Crippen molar-refractivity contribution in [3.8, 4) is 28.6 Å². The summed E-state index contributed by atoms with van der Waals surface area (Å²) in [6.45, 7) is 0. The lowest BCUT2D eigenvalue weighted by Crippen LogP contribution is -2.15. The lowest BCUT2D eigenvalue weighted by atomic mass is 10.0. The molecule has 0 amide bonds. The lowest BCUT2D eigenvalue weighted by Gasteiger charge is -2.12. The summed E-state index contributed by atoms with van der Waals surface area (Å²) in [7, 11) is 0. The molecule has 0 atom stereocenters. The van der Waals surface area contributed by atoms with Gasteiger partial charge in [0.2, 0.25) is 5.69 Å². The van der Waals surface area contributed by atoms with Gasteiger partial charge in [0.1, 0.15) is 6.07 Å². The second-order valence-corrected chi connectivity index (χ2v) is 6.42. The van der Waals surface area contributed by atoms with Crippen LogP contribution in [-0.4, -0.2) is 9.97 Å². The average Bonchev–Trinajstić information content (AvgIpc) is 2.56. The summed E-state index contributed by atoms with van der Waals surface area (Å²) in [5.74, 6) is 0. The van der Waals surface area contributed by atoms with E-state index < -0.39 is 5.56 Å². The molecule has 0 unspecified atom stereocenters. The highest BCUT2D eigenvalue weighted by Gasteiger charge is 2.17. The first-order valence-electron chi connectivity index (χ1n) is 6.66. The van der Waals surface area contributed by atoms with E-state index in [4.69, 9.17) is 5.26 Å². The molecule has 0 aliphatic rings. The fourth-order valence-corrected chi connectivity index (χ4v) is 3.19. The third kappa shape index (κ3) is 2.98. The van der Waals surface area contributed by atoms with Crippen LogP contribution in [0.15, 0.2) is 62.3 Å². The molecule has 4 nitrogen and oxygen atoms in total. The summed E-state index contributed by atoms with van der Waals surface area (Å²) >= 11 is 6.99. The van der Waals surface area contributed by atoms with Gasteiger partial charge in [-0.3, -0.25) is 4.79 Å². The summed E-state index contributed by atoms with van der Waals surface area (Å²) < 4.78 is 1.66. The Hall–Kier alpha value is -2.23. The molecular weight excluding hydrogens is 422 g/mol. The van der Waals surface area contributed by atoms with Crippen molar-refractivity contribution in [2.75, 3.05) is 0 Å². The molecule has 0 radical (unpaired) electrons. The number of hydrogen-bond donors (Lipinski definition) is 1. The number of halogens is 2. The number of benzene rings is 2. The van der Waals surface area contributed by atoms with Gasteiger partial charge in [-0.25, -0.2) is 4.98 Å². The van der Waals surface area contributed by atoms with Crippen molar-refractivity contribution < 1.29 is 0 Å². The smallest absolute Gasteiger partial charge is 0.285 e. The van der Waals surface area contributed by atoms with Crippen LogP contribution >= 0.6 is 31.9 Å². The van der Waals surface area contributed by atoms with Crippen LogP contribution in [0.2, 0.25) is 0 Å². The molecule has 0 saturated carbocycles. The molecule has 6 heteroatoms. The van der Waals surface area contributed by atoms with Gasteiger partial charge in [0.25, 0.3) is 5.56 Å². The van der Waals surface area contributed by atoms with E-state index >= 15 is 0 Å². The van der Waals surface area contributed by atoms with E-state index in [1.54, 1.807) is 0 Å². The first kappa shape index (κ1) is 15.7. The molecule has 0 aliphatic heterocycles. The van der Waals surface area contributed by atoms with Crippen molar-refractivity contribution in [1.29, 1.82) is 5.26 Å². The first-order chi connectivity index (χ1) is 11.1. The topological polar surface area (TPSA) is 69.5 Å². The van der Waals surface area contributed by atoms with Crippen LogP contribution in [-0.2, 0) is 0 Å². The number of nitrogens with one attached hydrogen (secondary N) is 1. The highest BCUT2D eigenvalue weighted by Crippen LogP contribution is 2.35. The largest absolute Gasteiger partial charge is 0.318 e. The van der Waals surface area contributed by atoms with E-state index in [0.717, 1.165) is 20.1 Å². The van der Waals surface area contributed by atoms with E-state index in [1.807, 2.05) is 54.6 Å². The van der Waals surface area contributed by atoms with Gasteiger partial charge in [-0.1, -0.05) is 68.3 Å². The van der Waals surface area contributed by atoms with Crippen LogP contribution in [0.25, 0.3) is 22.5 Å². The molecule has 0 saturated heterocycles. The Kier molecular flexibility index (Phi) is 4.42. The molecule has 1 heterocycles. The summed E-state index contributed by atoms with van der Waals surface area (Å²) in [4.78, 5) is 19.1. The van der Waals surface area contributed by atoms with Gasteiger partial charge < -0.3 is 4.98 Å². The summed E-state index contributed by atoms with van der Waals surface area (Å²) in [5, 5.41) is 9.12. The second-order valence-electron chi connectivity index (χ2n) is 4.71. The Morgan fingerprint density at radius 1 is 0.957 bits per heavy atom. The lowest BCUT2D eigenvalue weighted by molar-refractivity contribution is 1.11. The van der Waals surface area contributed by atoms with Crippen LogP contribution < -0.4 is 5.56 Å². The molecule has 3 rings (SSSR count). The third-order valence-electron chi connectivity index (χ3n) is 3.29. The van der Waals surface area contributed by atoms with E-state index in [2.05, 4.69) is 41.8 Å². The second kappa shape index (κ2) is 6.49. The third-order valence-corrected chi connectivity index (χ3v) is 4.68. The maximum absolute atomic E-state index is 12.1. The van der Waals surface area contributed by atoms with Gasteiger partial charge in [0.15, 0.2) is 0 Å². The fraction of sp³-hybridized carbons (Fsp3) is 0. The van der Waals surface area contributed by atoms with E-state index in [1.165, 1.54) is 0 Å². The number of nitrogens with zero attached hydrogens (tertiary/aromatic N) is 2. The number of H-pyrrole nitrogens is 1. The highest BCUT2D eigenvalue weighted by molar-refractivity contribution is 9.11. The number of nitriles is 1. The van der Waals surface area contributed by atoms with Crippen LogP contribution in [0, 0.1) is 11.3 Å². The molecule has 0 spiro atoms. The number of hydrogen-bond acceptors (Lipinski definition) is 3. The SMILES string of the molecule is N#Cc1nc(-c2ccccc2Br)c(-c2ccccc2Br)[nH]c1=O. The van der Waals surface area contributed by atoms with Gasteiger partial charge >= 0.3 is 0 Å². The van der Waals surface area contributed by atoms with Gasteiger partial charge in [0, 0.05) is 20.1 Å². The molecule has 1 aromatic heterocycles. The minimum atomic E-state index is -0.506. The molecule has 0 bridgehead atoms. The molecule has 1 N–H and O–H groups in total. The van der Waals surface area contributed by atoms with E-state index in [-0.39, 0.29) is 5.69 Å². The first-order valence-corrected chi connectivity index (χ1v) is 8.24. The van der Waals surface area contributed by atoms with Crippen molar-refractivity contribution in [2.24, 2.45) is 0 Å². The van der Waals surface area contributed by atoms with Crippen LogP contribution in [0.4, 0.5) is 0 Å². The molecule has 3 aromatic rings. The summed E-state index contributed by atoms with van der Waals surface area (Å²) in [6.07, 6.45) is 0. The van der Waals surface area contributed by atoms with Crippen LogP contribution in [0.1, 0.15) is 5.69 Å². The number of aromatic nitrogens is 2. The minimum absolute atomic E-state index is 0.161. The fourth-order valence-electron chi connectivity index (χ4n) is 2.23. The average molecular weight is 431 g/mol. The zero-order valence-corrected chi connectivity index (χ0v) is 14.8. The minimum Gasteiger partial charge on any atom is -0.318 e. The summed E-state index contributed by atoms with van der Waals surface area (Å²) in [6, 6.07) is 16.9. The molecule has 23 heavy (non-hydrogen) atoms. The number of rotatable bonds is 2. The maximum Gasteiger partial charge on any atom is 0.285 e. The Morgan fingerprint density at radius 2 is 1.52 bits per heavy atom. The highest BCUT2D eigenvalue weighted by atomic mass is 79.9. The van der Waals surface area contributed by atoms with Crippen molar-refractivity contribution >= 4 is 31.9 Å². The monoisotopic (exact) mass is 429 g/mol. The van der Waals surface area contributed by atoms with Crippen LogP contribution in [0.5, 0.6) is 0 Å². The molecule has 0 aliphatic carbocycles. The quantitative estimate of drug-likeness (QED) is 0.650. The zero-order valence-electron chi connectivity index (χ0n) is 11.7. The van der Waals surface area contributed by atoms with Crippen molar-refractivity contribution in [1.82, 2.24) is 9.97 Å². The van der Waals surface area contributed by atoms with Gasteiger partial charge in [-0.2, -0.15) is 5.26 Å². The zero-order chi connectivity index (χ0) is 16.4. The summed E-state index contributed by atoms with van der Waals surface area (Å²) in [5.41, 5.74) is 2.04. The molecule has 112 valence electrons. The van der Waals surface area contributed by atoms with Crippen molar-refractivity contribution in [3.63, 3.8) is 0 Å². The van der Waals surface area contributed by atoms with Gasteiger partial charge in [-0.05, 0) is 12.1 Å². The standard InChI is InChI=1S/C17H9Br2N3O/c18-12-7-3-1-5-10(12)15-16(11-6-2-4-8-13(11)19)22-17(23)14(9-20)21-15/h1-8H,(H,22,23). The van der Waals surface area contributed by atoms with E-state index in [0.29, 0.717) is 11.4 Å². The van der Waals surface area contributed by atoms with Gasteiger partial charge in [0.05, 0.1) is 11.4 Å². The molecule has 2 aromatic carbocycles. The normalized spacial score (nSPS) is 10.3.